The molecule has 20 heavy (non-hydrogen) atoms. The first-order valence-corrected chi connectivity index (χ1v) is 7.29. The minimum Gasteiger partial charge on any atom is -0.311 e. The highest BCUT2D eigenvalue weighted by Gasteiger charge is 2.24. The molecule has 2 rings (SSSR count). The van der Waals surface area contributed by atoms with Gasteiger partial charge >= 0.3 is 0 Å². The van der Waals surface area contributed by atoms with E-state index in [2.05, 4.69) is 34.4 Å². The lowest BCUT2D eigenvalue weighted by molar-refractivity contribution is -0.118. The second kappa shape index (κ2) is 6.72. The Balaban J connectivity index is 1.94. The monoisotopic (exact) mass is 316 g/mol. The number of amides is 1. The Labute approximate surface area is 128 Å². The molecular formula is C13H18Cl2N4O. The highest BCUT2D eigenvalue weighted by atomic mass is 35.5. The van der Waals surface area contributed by atoms with E-state index >= 15 is 0 Å². The van der Waals surface area contributed by atoms with Crippen LogP contribution in [-0.4, -0.2) is 47.5 Å². The molecule has 5 nitrogen and oxygen atoms in total. The number of carbonyl (C=O) groups excluding carboxylic acids is 1. The molecule has 0 bridgehead atoms. The number of hydrogen-bond donors (Lipinski definition) is 2. The van der Waals surface area contributed by atoms with E-state index in [0.29, 0.717) is 34.5 Å². The summed E-state index contributed by atoms with van der Waals surface area (Å²) in [5, 5.41) is 6.88. The Kier molecular flexibility index (Phi) is 5.21. The lowest BCUT2D eigenvalue weighted by Gasteiger charge is -2.36. The van der Waals surface area contributed by atoms with Crippen molar-refractivity contribution in [3.63, 3.8) is 0 Å². The van der Waals surface area contributed by atoms with Gasteiger partial charge < -0.3 is 10.6 Å². The number of aromatic nitrogens is 1. The maximum absolute atomic E-state index is 12.1. The summed E-state index contributed by atoms with van der Waals surface area (Å²) in [5.41, 5.74) is 0. The molecule has 0 aromatic carbocycles. The second-order valence-electron chi connectivity index (χ2n) is 5.12. The fourth-order valence-electron chi connectivity index (χ4n) is 2.18. The highest BCUT2D eigenvalue weighted by molar-refractivity contribution is 6.36. The van der Waals surface area contributed by atoms with Crippen LogP contribution in [0.25, 0.3) is 0 Å². The van der Waals surface area contributed by atoms with Crippen molar-refractivity contribution in [1.29, 1.82) is 0 Å². The van der Waals surface area contributed by atoms with Gasteiger partial charge in [-0.15, -0.1) is 0 Å². The van der Waals surface area contributed by atoms with Gasteiger partial charge in [-0.05, 0) is 19.9 Å². The number of halogens is 2. The molecule has 1 aromatic heterocycles. The minimum atomic E-state index is -0.123. The average Bonchev–Trinajstić information content (AvgIpc) is 2.37. The molecule has 0 saturated carbocycles. The van der Waals surface area contributed by atoms with Crippen LogP contribution < -0.4 is 10.6 Å². The van der Waals surface area contributed by atoms with Crippen LogP contribution in [0.15, 0.2) is 12.3 Å². The van der Waals surface area contributed by atoms with E-state index in [1.54, 1.807) is 6.07 Å². The first-order valence-electron chi connectivity index (χ1n) is 6.54. The van der Waals surface area contributed by atoms with Crippen LogP contribution in [0.2, 0.25) is 10.0 Å². The van der Waals surface area contributed by atoms with Crippen molar-refractivity contribution in [1.82, 2.24) is 15.2 Å². The van der Waals surface area contributed by atoms with Gasteiger partial charge in [0.05, 0.1) is 16.6 Å². The maximum Gasteiger partial charge on any atom is 0.239 e. The summed E-state index contributed by atoms with van der Waals surface area (Å²) in [5.74, 6) is 0.222. The molecule has 2 atom stereocenters. The van der Waals surface area contributed by atoms with Crippen LogP contribution >= 0.6 is 23.2 Å². The summed E-state index contributed by atoms with van der Waals surface area (Å²) in [7, 11) is 0. The van der Waals surface area contributed by atoms with Crippen LogP contribution in [0.1, 0.15) is 13.8 Å². The predicted octanol–water partition coefficient (Wildman–Crippen LogP) is 2.01. The number of nitrogens with one attached hydrogen (secondary N) is 2. The summed E-state index contributed by atoms with van der Waals surface area (Å²) in [4.78, 5) is 18.2. The molecule has 0 aliphatic carbocycles. The van der Waals surface area contributed by atoms with Crippen LogP contribution in [-0.2, 0) is 4.79 Å². The van der Waals surface area contributed by atoms with Gasteiger partial charge in [0.25, 0.3) is 0 Å². The lowest BCUT2D eigenvalue weighted by atomic mass is 10.1. The van der Waals surface area contributed by atoms with E-state index in [1.807, 2.05) is 0 Å². The SMILES string of the molecule is CC1CN(CC(=O)Nc2ncc(Cl)cc2Cl)C(C)CN1. The van der Waals surface area contributed by atoms with Crippen LogP contribution in [0.5, 0.6) is 0 Å². The minimum absolute atomic E-state index is 0.123. The summed E-state index contributed by atoms with van der Waals surface area (Å²) in [6.07, 6.45) is 1.46. The largest absolute Gasteiger partial charge is 0.311 e. The van der Waals surface area contributed by atoms with E-state index < -0.39 is 0 Å². The molecule has 1 aromatic rings. The van der Waals surface area contributed by atoms with Gasteiger partial charge in [0.15, 0.2) is 5.82 Å². The van der Waals surface area contributed by atoms with Gasteiger partial charge in [-0.2, -0.15) is 0 Å². The third-order valence-corrected chi connectivity index (χ3v) is 3.80. The Hall–Kier alpha value is -0.880. The third-order valence-electron chi connectivity index (χ3n) is 3.31. The predicted molar refractivity (Wildman–Crippen MR) is 81.4 cm³/mol. The van der Waals surface area contributed by atoms with E-state index in [1.165, 1.54) is 6.20 Å². The Morgan fingerprint density at radius 2 is 2.30 bits per heavy atom. The molecular weight excluding hydrogens is 299 g/mol. The average molecular weight is 317 g/mol. The molecule has 110 valence electrons. The molecule has 0 spiro atoms. The molecule has 7 heteroatoms. The Morgan fingerprint density at radius 1 is 1.55 bits per heavy atom. The number of nitrogens with zero attached hydrogens (tertiary/aromatic N) is 2. The molecule has 1 amide bonds. The fraction of sp³-hybridized carbons (Fsp3) is 0.538. The second-order valence-corrected chi connectivity index (χ2v) is 5.96. The van der Waals surface area contributed by atoms with E-state index in [-0.39, 0.29) is 5.91 Å². The van der Waals surface area contributed by atoms with Crippen molar-refractivity contribution in [2.45, 2.75) is 25.9 Å². The molecule has 2 heterocycles. The number of piperazine rings is 1. The summed E-state index contributed by atoms with van der Waals surface area (Å²) in [6.45, 7) is 6.26. The Bertz CT molecular complexity index is 497. The zero-order valence-electron chi connectivity index (χ0n) is 11.5. The van der Waals surface area contributed by atoms with Crippen molar-refractivity contribution in [3.05, 3.63) is 22.3 Å². The summed E-state index contributed by atoms with van der Waals surface area (Å²) < 4.78 is 0. The molecule has 1 aliphatic rings. The number of rotatable bonds is 3. The van der Waals surface area contributed by atoms with Crippen molar-refractivity contribution in [2.24, 2.45) is 0 Å². The summed E-state index contributed by atoms with van der Waals surface area (Å²) >= 11 is 11.8. The molecule has 1 aliphatic heterocycles. The number of pyridine rings is 1. The maximum atomic E-state index is 12.1. The van der Waals surface area contributed by atoms with Crippen molar-refractivity contribution >= 4 is 34.9 Å². The molecule has 1 fully saturated rings. The van der Waals surface area contributed by atoms with Crippen molar-refractivity contribution < 1.29 is 4.79 Å². The van der Waals surface area contributed by atoms with Crippen LogP contribution in [0.3, 0.4) is 0 Å². The van der Waals surface area contributed by atoms with Crippen molar-refractivity contribution in [3.8, 4) is 0 Å². The number of hydrogen-bond acceptors (Lipinski definition) is 4. The molecule has 2 unspecified atom stereocenters. The molecule has 1 saturated heterocycles. The molecule has 0 radical (unpaired) electrons. The third kappa shape index (κ3) is 4.06. The van der Waals surface area contributed by atoms with Gasteiger partial charge in [-0.3, -0.25) is 9.69 Å². The van der Waals surface area contributed by atoms with Crippen molar-refractivity contribution in [2.75, 3.05) is 25.0 Å². The Morgan fingerprint density at radius 3 is 3.00 bits per heavy atom. The standard InChI is InChI=1S/C13H18Cl2N4O/c1-8-6-19(9(2)4-16-8)7-12(20)18-13-11(15)3-10(14)5-17-13/h3,5,8-9,16H,4,6-7H2,1-2H3,(H,17,18,20). The van der Waals surface area contributed by atoms with E-state index in [9.17, 15) is 4.79 Å². The zero-order valence-corrected chi connectivity index (χ0v) is 13.0. The van der Waals surface area contributed by atoms with Gasteiger partial charge in [0, 0.05) is 31.4 Å². The number of carbonyl (C=O) groups is 1. The van der Waals surface area contributed by atoms with Crippen LogP contribution in [0, 0.1) is 0 Å². The van der Waals surface area contributed by atoms with Crippen LogP contribution in [0.4, 0.5) is 5.82 Å². The fourth-order valence-corrected chi connectivity index (χ4v) is 2.61. The summed E-state index contributed by atoms with van der Waals surface area (Å²) in [6, 6.07) is 2.27. The van der Waals surface area contributed by atoms with E-state index in [4.69, 9.17) is 23.2 Å². The van der Waals surface area contributed by atoms with Gasteiger partial charge in [-0.1, -0.05) is 23.2 Å². The van der Waals surface area contributed by atoms with Gasteiger partial charge in [0.1, 0.15) is 0 Å². The normalized spacial score (nSPS) is 23.6. The van der Waals surface area contributed by atoms with E-state index in [0.717, 1.165) is 13.1 Å². The molecule has 2 N–H and O–H groups in total. The topological polar surface area (TPSA) is 57.3 Å². The smallest absolute Gasteiger partial charge is 0.239 e. The number of anilines is 1. The first-order chi connectivity index (χ1) is 9.45. The zero-order chi connectivity index (χ0) is 14.7. The highest BCUT2D eigenvalue weighted by Crippen LogP contribution is 2.22. The van der Waals surface area contributed by atoms with Gasteiger partial charge in [-0.25, -0.2) is 4.98 Å². The van der Waals surface area contributed by atoms with Gasteiger partial charge in [0.2, 0.25) is 5.91 Å². The lowest BCUT2D eigenvalue weighted by Crippen LogP contribution is -2.55. The first kappa shape index (κ1) is 15.5. The quantitative estimate of drug-likeness (QED) is 0.895.